The molecule has 0 aliphatic rings. The first-order chi connectivity index (χ1) is 7.91. The Morgan fingerprint density at radius 1 is 1.29 bits per heavy atom. The van der Waals surface area contributed by atoms with Gasteiger partial charge in [0.2, 0.25) is 0 Å². The summed E-state index contributed by atoms with van der Waals surface area (Å²) < 4.78 is 28.3. The highest BCUT2D eigenvalue weighted by Gasteiger charge is 2.20. The summed E-state index contributed by atoms with van der Waals surface area (Å²) in [4.78, 5) is 0. The van der Waals surface area contributed by atoms with E-state index in [0.717, 1.165) is 0 Å². The van der Waals surface area contributed by atoms with Crippen molar-refractivity contribution in [3.8, 4) is 5.75 Å². The molecule has 0 aliphatic heterocycles. The number of ether oxygens (including phenoxy) is 1. The van der Waals surface area contributed by atoms with Crippen LogP contribution in [0.3, 0.4) is 0 Å². The van der Waals surface area contributed by atoms with Crippen LogP contribution in [-0.4, -0.2) is 17.8 Å². The molecule has 0 heterocycles. The predicted molar refractivity (Wildman–Crippen MR) is 60.8 cm³/mol. The normalized spacial score (nSPS) is 15.1. The van der Waals surface area contributed by atoms with E-state index in [1.807, 2.05) is 13.8 Å². The second kappa shape index (κ2) is 5.93. The Morgan fingerprint density at radius 2 is 1.94 bits per heavy atom. The number of hydrogen-bond donors (Lipinski definition) is 2. The van der Waals surface area contributed by atoms with E-state index in [-0.39, 0.29) is 11.7 Å². The lowest BCUT2D eigenvalue weighted by Crippen LogP contribution is -2.30. The number of alkyl halides is 2. The highest BCUT2D eigenvalue weighted by molar-refractivity contribution is 5.31. The van der Waals surface area contributed by atoms with Gasteiger partial charge in [-0.2, -0.15) is 8.78 Å². The highest BCUT2D eigenvalue weighted by atomic mass is 19.3. The SMILES string of the molecule is CC(C)[C@@H](O)[C@@H](N)c1cccc(OC(F)F)c1. The number of nitrogens with two attached hydrogens (primary N) is 1. The predicted octanol–water partition coefficient (Wildman–Crippen LogP) is 2.30. The van der Waals surface area contributed by atoms with Crippen molar-refractivity contribution in [2.24, 2.45) is 11.7 Å². The summed E-state index contributed by atoms with van der Waals surface area (Å²) in [5, 5.41) is 9.81. The van der Waals surface area contributed by atoms with Gasteiger partial charge in [-0.1, -0.05) is 26.0 Å². The van der Waals surface area contributed by atoms with Crippen molar-refractivity contribution < 1.29 is 18.6 Å². The molecule has 0 aliphatic carbocycles. The summed E-state index contributed by atoms with van der Waals surface area (Å²) >= 11 is 0. The zero-order valence-corrected chi connectivity index (χ0v) is 9.81. The third kappa shape index (κ3) is 3.94. The summed E-state index contributed by atoms with van der Waals surface area (Å²) in [6, 6.07) is 5.47. The monoisotopic (exact) mass is 245 g/mol. The standard InChI is InChI=1S/C12H17F2NO2/c1-7(2)11(16)10(15)8-4-3-5-9(6-8)17-12(13)14/h3-7,10-12,16H,15H2,1-2H3/t10-,11+/m0/s1. The maximum absolute atomic E-state index is 12.0. The first-order valence-electron chi connectivity index (χ1n) is 5.40. The van der Waals surface area contributed by atoms with Gasteiger partial charge in [-0.25, -0.2) is 0 Å². The van der Waals surface area contributed by atoms with Gasteiger partial charge in [-0.05, 0) is 23.6 Å². The molecular weight excluding hydrogens is 228 g/mol. The molecule has 1 aromatic carbocycles. The molecule has 0 fully saturated rings. The van der Waals surface area contributed by atoms with Crippen molar-refractivity contribution in [3.63, 3.8) is 0 Å². The van der Waals surface area contributed by atoms with Crippen molar-refractivity contribution in [3.05, 3.63) is 29.8 Å². The Kier molecular flexibility index (Phi) is 4.84. The van der Waals surface area contributed by atoms with Crippen molar-refractivity contribution in [2.45, 2.75) is 32.6 Å². The molecule has 0 saturated carbocycles. The number of rotatable bonds is 5. The molecule has 96 valence electrons. The van der Waals surface area contributed by atoms with Crippen LogP contribution >= 0.6 is 0 Å². The van der Waals surface area contributed by atoms with Gasteiger partial charge in [-0.3, -0.25) is 0 Å². The highest BCUT2D eigenvalue weighted by Crippen LogP contribution is 2.24. The van der Waals surface area contributed by atoms with Gasteiger partial charge in [-0.15, -0.1) is 0 Å². The van der Waals surface area contributed by atoms with Crippen LogP contribution in [0.2, 0.25) is 0 Å². The molecule has 5 heteroatoms. The summed E-state index contributed by atoms with van der Waals surface area (Å²) in [5.74, 6) is 0.0357. The Hall–Kier alpha value is -1.20. The number of halogens is 2. The molecule has 1 aromatic rings. The van der Waals surface area contributed by atoms with Crippen LogP contribution in [0, 0.1) is 5.92 Å². The van der Waals surface area contributed by atoms with E-state index in [1.54, 1.807) is 12.1 Å². The lowest BCUT2D eigenvalue weighted by molar-refractivity contribution is -0.0499. The van der Waals surface area contributed by atoms with E-state index >= 15 is 0 Å². The van der Waals surface area contributed by atoms with Crippen LogP contribution in [0.15, 0.2) is 24.3 Å². The zero-order chi connectivity index (χ0) is 13.0. The molecule has 3 nitrogen and oxygen atoms in total. The molecule has 2 atom stereocenters. The van der Waals surface area contributed by atoms with Crippen LogP contribution in [0.1, 0.15) is 25.5 Å². The zero-order valence-electron chi connectivity index (χ0n) is 9.81. The van der Waals surface area contributed by atoms with Crippen LogP contribution in [-0.2, 0) is 0 Å². The lowest BCUT2D eigenvalue weighted by atomic mass is 9.94. The minimum Gasteiger partial charge on any atom is -0.435 e. The Balaban J connectivity index is 2.83. The molecule has 0 unspecified atom stereocenters. The van der Waals surface area contributed by atoms with Gasteiger partial charge in [0.1, 0.15) is 5.75 Å². The third-order valence-electron chi connectivity index (χ3n) is 2.52. The molecule has 1 rings (SSSR count). The van der Waals surface area contributed by atoms with Gasteiger partial charge < -0.3 is 15.6 Å². The fraction of sp³-hybridized carbons (Fsp3) is 0.500. The lowest BCUT2D eigenvalue weighted by Gasteiger charge is -2.22. The van der Waals surface area contributed by atoms with Crippen LogP contribution in [0.25, 0.3) is 0 Å². The summed E-state index contributed by atoms with van der Waals surface area (Å²) in [6.07, 6.45) is -0.725. The molecule has 0 bridgehead atoms. The quantitative estimate of drug-likeness (QED) is 0.837. The topological polar surface area (TPSA) is 55.5 Å². The minimum atomic E-state index is -2.86. The first kappa shape index (κ1) is 13.9. The average molecular weight is 245 g/mol. The van der Waals surface area contributed by atoms with Gasteiger partial charge in [0.15, 0.2) is 0 Å². The molecule has 0 saturated heterocycles. The van der Waals surface area contributed by atoms with Crippen LogP contribution in [0.5, 0.6) is 5.75 Å². The molecule has 0 amide bonds. The van der Waals surface area contributed by atoms with Gasteiger partial charge in [0.05, 0.1) is 12.1 Å². The van der Waals surface area contributed by atoms with E-state index in [9.17, 15) is 13.9 Å². The second-order valence-electron chi connectivity index (χ2n) is 4.21. The van der Waals surface area contributed by atoms with E-state index in [1.165, 1.54) is 12.1 Å². The van der Waals surface area contributed by atoms with Crippen molar-refractivity contribution >= 4 is 0 Å². The summed E-state index contributed by atoms with van der Waals surface area (Å²) in [7, 11) is 0. The van der Waals surface area contributed by atoms with Gasteiger partial charge >= 0.3 is 6.61 Å². The third-order valence-corrected chi connectivity index (χ3v) is 2.52. The minimum absolute atomic E-state index is 0.00956. The molecule has 17 heavy (non-hydrogen) atoms. The van der Waals surface area contributed by atoms with Gasteiger partial charge in [0.25, 0.3) is 0 Å². The Labute approximate surface area is 99.2 Å². The molecular formula is C12H17F2NO2. The summed E-state index contributed by atoms with van der Waals surface area (Å²) in [6.45, 7) is 0.810. The number of aliphatic hydroxyl groups excluding tert-OH is 1. The van der Waals surface area contributed by atoms with E-state index < -0.39 is 18.8 Å². The van der Waals surface area contributed by atoms with Crippen LogP contribution in [0.4, 0.5) is 8.78 Å². The first-order valence-corrected chi connectivity index (χ1v) is 5.40. The smallest absolute Gasteiger partial charge is 0.387 e. The molecule has 0 aromatic heterocycles. The molecule has 3 N–H and O–H groups in total. The molecule has 0 spiro atoms. The maximum Gasteiger partial charge on any atom is 0.387 e. The van der Waals surface area contributed by atoms with Crippen molar-refractivity contribution in [2.75, 3.05) is 0 Å². The Bertz CT molecular complexity index is 358. The fourth-order valence-corrected chi connectivity index (χ4v) is 1.51. The number of benzene rings is 1. The second-order valence-corrected chi connectivity index (χ2v) is 4.21. The average Bonchev–Trinajstić information content (AvgIpc) is 2.26. The van der Waals surface area contributed by atoms with E-state index in [0.29, 0.717) is 5.56 Å². The number of aliphatic hydroxyl groups is 1. The fourth-order valence-electron chi connectivity index (χ4n) is 1.51. The largest absolute Gasteiger partial charge is 0.435 e. The molecule has 0 radical (unpaired) electrons. The Morgan fingerprint density at radius 3 is 2.47 bits per heavy atom. The summed E-state index contributed by atoms with van der Waals surface area (Å²) in [5.41, 5.74) is 6.42. The van der Waals surface area contributed by atoms with Crippen LogP contribution < -0.4 is 10.5 Å². The number of hydrogen-bond acceptors (Lipinski definition) is 3. The van der Waals surface area contributed by atoms with Crippen molar-refractivity contribution in [1.82, 2.24) is 0 Å². The van der Waals surface area contributed by atoms with E-state index in [2.05, 4.69) is 4.74 Å². The van der Waals surface area contributed by atoms with Crippen molar-refractivity contribution in [1.29, 1.82) is 0 Å². The van der Waals surface area contributed by atoms with Gasteiger partial charge in [0, 0.05) is 0 Å². The maximum atomic E-state index is 12.0. The van der Waals surface area contributed by atoms with E-state index in [4.69, 9.17) is 5.73 Å².